The van der Waals surface area contributed by atoms with Gasteiger partial charge in [-0.15, -0.1) is 0 Å². The Kier molecular flexibility index (Phi) is 5.56. The quantitative estimate of drug-likeness (QED) is 0.545. The third-order valence-corrected chi connectivity index (χ3v) is 3.10. The van der Waals surface area contributed by atoms with Gasteiger partial charge < -0.3 is 18.9 Å². The Morgan fingerprint density at radius 2 is 1.74 bits per heavy atom. The van der Waals surface area contributed by atoms with Crippen LogP contribution in [0.5, 0.6) is 0 Å². The SMILES string of the molecule is CCOC(=O)C1CC(OC)(OC)CN1C(=O)OCC. The van der Waals surface area contributed by atoms with Gasteiger partial charge in [-0.05, 0) is 13.8 Å². The molecule has 0 radical (unpaired) electrons. The molecule has 1 heterocycles. The van der Waals surface area contributed by atoms with Gasteiger partial charge in [-0.2, -0.15) is 0 Å². The number of esters is 1. The lowest BCUT2D eigenvalue weighted by Gasteiger charge is -2.25. The van der Waals surface area contributed by atoms with E-state index in [1.54, 1.807) is 13.8 Å². The fraction of sp³-hybridized carbons (Fsp3) is 0.833. The molecule has 1 aliphatic heterocycles. The second-order valence-electron chi connectivity index (χ2n) is 4.12. The van der Waals surface area contributed by atoms with Crippen molar-refractivity contribution in [1.29, 1.82) is 0 Å². The molecule has 0 N–H and O–H groups in total. The van der Waals surface area contributed by atoms with Crippen LogP contribution in [0.3, 0.4) is 0 Å². The van der Waals surface area contributed by atoms with Gasteiger partial charge in [0, 0.05) is 20.6 Å². The number of rotatable bonds is 5. The Labute approximate surface area is 112 Å². The van der Waals surface area contributed by atoms with Crippen LogP contribution in [0.15, 0.2) is 0 Å². The van der Waals surface area contributed by atoms with E-state index in [0.717, 1.165) is 0 Å². The first-order valence-electron chi connectivity index (χ1n) is 6.23. The lowest BCUT2D eigenvalue weighted by Crippen LogP contribution is -2.42. The lowest BCUT2D eigenvalue weighted by molar-refractivity contribution is -0.196. The maximum atomic E-state index is 11.9. The molecule has 1 aliphatic rings. The zero-order chi connectivity index (χ0) is 14.5. The molecule has 7 nitrogen and oxygen atoms in total. The highest BCUT2D eigenvalue weighted by Crippen LogP contribution is 2.31. The summed E-state index contributed by atoms with van der Waals surface area (Å²) in [6.07, 6.45) is -0.353. The molecule has 1 rings (SSSR count). The summed E-state index contributed by atoms with van der Waals surface area (Å²) in [5.41, 5.74) is 0. The van der Waals surface area contributed by atoms with Crippen molar-refractivity contribution in [3.63, 3.8) is 0 Å². The molecule has 0 aromatic carbocycles. The molecule has 7 heteroatoms. The van der Waals surface area contributed by atoms with E-state index in [1.807, 2.05) is 0 Å². The molecule has 1 unspecified atom stereocenters. The summed E-state index contributed by atoms with van der Waals surface area (Å²) in [5.74, 6) is -1.48. The number of methoxy groups -OCH3 is 2. The number of carbonyl (C=O) groups excluding carboxylic acids is 2. The largest absolute Gasteiger partial charge is 0.464 e. The monoisotopic (exact) mass is 275 g/mol. The molecule has 0 spiro atoms. The zero-order valence-electron chi connectivity index (χ0n) is 11.8. The summed E-state index contributed by atoms with van der Waals surface area (Å²) in [5, 5.41) is 0. The second kappa shape index (κ2) is 6.72. The highest BCUT2D eigenvalue weighted by atomic mass is 16.7. The molecule has 19 heavy (non-hydrogen) atoms. The van der Waals surface area contributed by atoms with Gasteiger partial charge in [-0.1, -0.05) is 0 Å². The van der Waals surface area contributed by atoms with E-state index in [4.69, 9.17) is 18.9 Å². The molecule has 1 atom stereocenters. The van der Waals surface area contributed by atoms with E-state index in [2.05, 4.69) is 0 Å². The van der Waals surface area contributed by atoms with Crippen molar-refractivity contribution >= 4 is 12.1 Å². The first-order chi connectivity index (χ1) is 9.03. The average Bonchev–Trinajstić information content (AvgIpc) is 2.80. The van der Waals surface area contributed by atoms with Gasteiger partial charge in [0.1, 0.15) is 6.04 Å². The van der Waals surface area contributed by atoms with Crippen LogP contribution < -0.4 is 0 Å². The van der Waals surface area contributed by atoms with Crippen LogP contribution in [-0.4, -0.2) is 62.8 Å². The summed E-state index contributed by atoms with van der Waals surface area (Å²) in [4.78, 5) is 25.1. The zero-order valence-corrected chi connectivity index (χ0v) is 11.8. The lowest BCUT2D eigenvalue weighted by atomic mass is 10.1. The predicted molar refractivity (Wildman–Crippen MR) is 65.5 cm³/mol. The van der Waals surface area contributed by atoms with Crippen molar-refractivity contribution in [3.05, 3.63) is 0 Å². The van der Waals surface area contributed by atoms with E-state index in [9.17, 15) is 9.59 Å². The van der Waals surface area contributed by atoms with Crippen LogP contribution in [0.25, 0.3) is 0 Å². The van der Waals surface area contributed by atoms with Crippen molar-refractivity contribution in [2.45, 2.75) is 32.1 Å². The Bertz CT molecular complexity index is 300. The van der Waals surface area contributed by atoms with Gasteiger partial charge in [0.15, 0.2) is 5.79 Å². The average molecular weight is 275 g/mol. The Morgan fingerprint density at radius 1 is 1.16 bits per heavy atom. The standard InChI is InChI=1S/C12H21NO6/c1-5-18-10(14)9-7-12(16-3,17-4)8-13(9)11(15)19-6-2/h9H,5-8H2,1-4H3. The molecule has 0 saturated carbocycles. The minimum absolute atomic E-state index is 0.127. The number of ether oxygens (including phenoxy) is 4. The summed E-state index contributed by atoms with van der Waals surface area (Å²) in [7, 11) is 2.95. The van der Waals surface area contributed by atoms with Gasteiger partial charge in [0.2, 0.25) is 0 Å². The van der Waals surface area contributed by atoms with Gasteiger partial charge in [-0.3, -0.25) is 4.90 Å². The first kappa shape index (κ1) is 15.7. The van der Waals surface area contributed by atoms with Crippen molar-refractivity contribution in [3.8, 4) is 0 Å². The maximum absolute atomic E-state index is 11.9. The number of likely N-dealkylation sites (tertiary alicyclic amines) is 1. The Morgan fingerprint density at radius 3 is 2.21 bits per heavy atom. The fourth-order valence-corrected chi connectivity index (χ4v) is 2.07. The third kappa shape index (κ3) is 3.36. The maximum Gasteiger partial charge on any atom is 0.410 e. The van der Waals surface area contributed by atoms with Gasteiger partial charge in [0.25, 0.3) is 0 Å². The van der Waals surface area contributed by atoms with Crippen LogP contribution in [0, 0.1) is 0 Å². The second-order valence-corrected chi connectivity index (χ2v) is 4.12. The van der Waals surface area contributed by atoms with Crippen molar-refractivity contribution in [2.24, 2.45) is 0 Å². The number of carbonyl (C=O) groups is 2. The fourth-order valence-electron chi connectivity index (χ4n) is 2.07. The van der Waals surface area contributed by atoms with Crippen molar-refractivity contribution < 1.29 is 28.5 Å². The van der Waals surface area contributed by atoms with E-state index in [1.165, 1.54) is 19.1 Å². The van der Waals surface area contributed by atoms with Gasteiger partial charge in [0.05, 0.1) is 19.8 Å². The Hall–Kier alpha value is -1.34. The molecule has 110 valence electrons. The molecular weight excluding hydrogens is 254 g/mol. The smallest absolute Gasteiger partial charge is 0.410 e. The summed E-state index contributed by atoms with van der Waals surface area (Å²) in [6.45, 7) is 4.02. The number of nitrogens with zero attached hydrogens (tertiary/aromatic N) is 1. The van der Waals surface area contributed by atoms with Crippen LogP contribution >= 0.6 is 0 Å². The van der Waals surface area contributed by atoms with Crippen LogP contribution in [0.1, 0.15) is 20.3 Å². The first-order valence-corrected chi connectivity index (χ1v) is 6.23. The van der Waals surface area contributed by atoms with Gasteiger partial charge in [-0.25, -0.2) is 9.59 Å². The highest BCUT2D eigenvalue weighted by Gasteiger charge is 2.51. The molecule has 1 fully saturated rings. The molecule has 0 aromatic heterocycles. The van der Waals surface area contributed by atoms with Crippen molar-refractivity contribution in [2.75, 3.05) is 34.0 Å². The predicted octanol–water partition coefficient (Wildman–Crippen LogP) is 0.769. The third-order valence-electron chi connectivity index (χ3n) is 3.10. The molecule has 0 bridgehead atoms. The normalized spacial score (nSPS) is 21.3. The molecule has 1 amide bonds. The van der Waals surface area contributed by atoms with Crippen LogP contribution in [0.2, 0.25) is 0 Å². The number of hydrogen-bond donors (Lipinski definition) is 0. The highest BCUT2D eigenvalue weighted by molar-refractivity contribution is 5.82. The van der Waals surface area contributed by atoms with Crippen LogP contribution in [-0.2, 0) is 23.7 Å². The number of amides is 1. The summed E-state index contributed by atoms with van der Waals surface area (Å²) < 4.78 is 20.5. The molecule has 0 aliphatic carbocycles. The minimum atomic E-state index is -0.996. The molecule has 1 saturated heterocycles. The summed E-state index contributed by atoms with van der Waals surface area (Å²) in [6, 6.07) is -0.751. The van der Waals surface area contributed by atoms with E-state index >= 15 is 0 Å². The molecular formula is C12H21NO6. The van der Waals surface area contributed by atoms with Crippen LogP contribution in [0.4, 0.5) is 4.79 Å². The van der Waals surface area contributed by atoms with E-state index in [0.29, 0.717) is 0 Å². The summed E-state index contributed by atoms with van der Waals surface area (Å²) >= 11 is 0. The van der Waals surface area contributed by atoms with E-state index in [-0.39, 0.29) is 26.2 Å². The van der Waals surface area contributed by atoms with E-state index < -0.39 is 23.9 Å². The molecule has 0 aromatic rings. The number of hydrogen-bond acceptors (Lipinski definition) is 6. The minimum Gasteiger partial charge on any atom is -0.464 e. The van der Waals surface area contributed by atoms with Crippen molar-refractivity contribution in [1.82, 2.24) is 4.90 Å². The van der Waals surface area contributed by atoms with Gasteiger partial charge >= 0.3 is 12.1 Å². The Balaban J connectivity index is 2.89. The topological polar surface area (TPSA) is 74.3 Å².